The Balaban J connectivity index is 2.50. The minimum absolute atomic E-state index is 0.0163. The van der Waals surface area contributed by atoms with Crippen molar-refractivity contribution in [1.29, 1.82) is 0 Å². The predicted octanol–water partition coefficient (Wildman–Crippen LogP) is 6.44. The van der Waals surface area contributed by atoms with E-state index in [-0.39, 0.29) is 28.9 Å². The number of ketones is 1. The van der Waals surface area contributed by atoms with E-state index < -0.39 is 5.97 Å². The van der Waals surface area contributed by atoms with Gasteiger partial charge in [-0.25, -0.2) is 4.79 Å². The lowest BCUT2D eigenvalue weighted by molar-refractivity contribution is -0.111. The van der Waals surface area contributed by atoms with Gasteiger partial charge in [0.15, 0.2) is 5.78 Å². The van der Waals surface area contributed by atoms with E-state index in [9.17, 15) is 19.8 Å². The normalized spacial score (nSPS) is 15.7. The number of aromatic carboxylic acids is 1. The molecular weight excluding hydrogens is 400 g/mol. The summed E-state index contributed by atoms with van der Waals surface area (Å²) in [5.41, 5.74) is 6.29. The molecule has 0 aliphatic heterocycles. The Bertz CT molecular complexity index is 1190. The number of allylic oxidation sites excluding steroid dienone is 5. The van der Waals surface area contributed by atoms with Gasteiger partial charge >= 0.3 is 5.97 Å². The average molecular weight is 431 g/mol. The summed E-state index contributed by atoms with van der Waals surface area (Å²) in [6, 6.07) is 10.6. The number of hydrogen-bond donors (Lipinski definition) is 2. The van der Waals surface area contributed by atoms with Gasteiger partial charge in [0, 0.05) is 5.57 Å². The number of phenolic OH excluding ortho intramolecular Hbond substituents is 1. The van der Waals surface area contributed by atoms with Crippen molar-refractivity contribution in [2.24, 2.45) is 5.92 Å². The van der Waals surface area contributed by atoms with Gasteiger partial charge in [-0.05, 0) is 95.0 Å². The van der Waals surface area contributed by atoms with Crippen molar-refractivity contribution in [3.8, 4) is 5.75 Å². The van der Waals surface area contributed by atoms with E-state index in [1.807, 2.05) is 59.8 Å². The van der Waals surface area contributed by atoms with Crippen LogP contribution in [0.25, 0.3) is 5.57 Å². The van der Waals surface area contributed by atoms with Gasteiger partial charge in [-0.3, -0.25) is 4.79 Å². The lowest BCUT2D eigenvalue weighted by Gasteiger charge is -2.23. The maximum Gasteiger partial charge on any atom is 0.336 e. The summed E-state index contributed by atoms with van der Waals surface area (Å²) in [6.07, 6.45) is 3.53. The first-order valence-electron chi connectivity index (χ1n) is 10.9. The Morgan fingerprint density at radius 1 is 0.875 bits per heavy atom. The van der Waals surface area contributed by atoms with E-state index in [2.05, 4.69) is 0 Å². The molecule has 2 aromatic carbocycles. The molecule has 0 radical (unpaired) electrons. The van der Waals surface area contributed by atoms with Gasteiger partial charge in [0.2, 0.25) is 0 Å². The quantitative estimate of drug-likeness (QED) is 0.573. The first-order valence-corrected chi connectivity index (χ1v) is 10.9. The van der Waals surface area contributed by atoms with Crippen LogP contribution in [-0.2, 0) is 4.79 Å². The largest absolute Gasteiger partial charge is 0.508 e. The Morgan fingerprint density at radius 2 is 1.50 bits per heavy atom. The van der Waals surface area contributed by atoms with Crippen LogP contribution in [0.3, 0.4) is 0 Å². The second-order valence-corrected chi connectivity index (χ2v) is 8.97. The zero-order valence-electron chi connectivity index (χ0n) is 19.5. The Labute approximate surface area is 189 Å². The fourth-order valence-electron chi connectivity index (χ4n) is 4.18. The Hall–Kier alpha value is -3.40. The molecule has 0 saturated heterocycles. The molecule has 3 rings (SSSR count). The van der Waals surface area contributed by atoms with Gasteiger partial charge in [0.05, 0.1) is 5.56 Å². The molecule has 0 amide bonds. The molecule has 2 N–H and O–H groups in total. The number of hydrogen-bond acceptors (Lipinski definition) is 3. The second kappa shape index (κ2) is 8.99. The number of carbonyl (C=O) groups is 2. The van der Waals surface area contributed by atoms with Crippen LogP contribution in [-0.4, -0.2) is 22.0 Å². The van der Waals surface area contributed by atoms with Gasteiger partial charge in [-0.1, -0.05) is 45.9 Å². The summed E-state index contributed by atoms with van der Waals surface area (Å²) in [7, 11) is 0. The fraction of sp³-hybridized carbons (Fsp3) is 0.286. The zero-order chi connectivity index (χ0) is 23.7. The van der Waals surface area contributed by atoms with Crippen LogP contribution in [0.4, 0.5) is 0 Å². The Morgan fingerprint density at radius 3 is 2.06 bits per heavy atom. The van der Waals surface area contributed by atoms with Gasteiger partial charge in [-0.2, -0.15) is 0 Å². The van der Waals surface area contributed by atoms with Gasteiger partial charge < -0.3 is 10.2 Å². The first-order chi connectivity index (χ1) is 15.0. The highest BCUT2D eigenvalue weighted by molar-refractivity contribution is 6.09. The summed E-state index contributed by atoms with van der Waals surface area (Å²) in [5, 5.41) is 20.4. The molecule has 32 heavy (non-hydrogen) atoms. The van der Waals surface area contributed by atoms with Gasteiger partial charge in [-0.15, -0.1) is 0 Å². The molecule has 0 atom stereocenters. The lowest BCUT2D eigenvalue weighted by Crippen LogP contribution is -2.13. The van der Waals surface area contributed by atoms with Crippen LogP contribution < -0.4 is 0 Å². The van der Waals surface area contributed by atoms with Crippen LogP contribution in [0.1, 0.15) is 73.1 Å². The summed E-state index contributed by atoms with van der Waals surface area (Å²) < 4.78 is 0. The molecule has 4 heteroatoms. The van der Waals surface area contributed by atoms with Crippen LogP contribution in [0, 0.1) is 12.8 Å². The number of benzene rings is 2. The Kier molecular flexibility index (Phi) is 6.54. The highest BCUT2D eigenvalue weighted by Crippen LogP contribution is 2.40. The molecule has 1 aliphatic carbocycles. The van der Waals surface area contributed by atoms with Crippen molar-refractivity contribution in [3.63, 3.8) is 0 Å². The van der Waals surface area contributed by atoms with Crippen molar-refractivity contribution in [2.75, 3.05) is 0 Å². The van der Waals surface area contributed by atoms with Gasteiger partial charge in [0.25, 0.3) is 0 Å². The first kappa shape index (κ1) is 23.3. The number of rotatable bonds is 5. The number of carboxylic acid groups (broad SMARTS) is 1. The number of carboxylic acids is 1. The third-order valence-corrected chi connectivity index (χ3v) is 5.94. The minimum Gasteiger partial charge on any atom is -0.508 e. The molecule has 0 saturated carbocycles. The summed E-state index contributed by atoms with van der Waals surface area (Å²) in [6.45, 7) is 11.8. The molecule has 0 aromatic heterocycles. The SMILES string of the molecule is CC1=CC(=O)C(C(C)C)=CC1=C(c1cc(C(C)C)c(O)cc1C)c1ccccc1C(=O)O. The lowest BCUT2D eigenvalue weighted by atomic mass is 9.80. The molecule has 4 nitrogen and oxygen atoms in total. The van der Waals surface area contributed by atoms with Crippen molar-refractivity contribution in [1.82, 2.24) is 0 Å². The van der Waals surface area contributed by atoms with Crippen LogP contribution in [0.15, 0.2) is 65.3 Å². The smallest absolute Gasteiger partial charge is 0.336 e. The third kappa shape index (κ3) is 4.31. The van der Waals surface area contributed by atoms with E-state index >= 15 is 0 Å². The van der Waals surface area contributed by atoms with E-state index in [4.69, 9.17) is 0 Å². The molecule has 0 unspecified atom stereocenters. The van der Waals surface area contributed by atoms with Crippen molar-refractivity contribution < 1.29 is 19.8 Å². The van der Waals surface area contributed by atoms with Crippen molar-refractivity contribution in [2.45, 2.75) is 47.5 Å². The number of aryl methyl sites for hydroxylation is 1. The monoisotopic (exact) mass is 430 g/mol. The van der Waals surface area contributed by atoms with E-state index in [1.165, 1.54) is 0 Å². The van der Waals surface area contributed by atoms with Crippen LogP contribution >= 0.6 is 0 Å². The molecule has 0 spiro atoms. The number of aromatic hydroxyl groups is 1. The van der Waals surface area contributed by atoms with Crippen LogP contribution in [0.2, 0.25) is 0 Å². The molecule has 166 valence electrons. The fourth-order valence-corrected chi connectivity index (χ4v) is 4.18. The molecule has 2 aromatic rings. The molecule has 0 bridgehead atoms. The number of phenols is 1. The van der Waals surface area contributed by atoms with Crippen molar-refractivity contribution in [3.05, 3.63) is 93.1 Å². The molecule has 1 aliphatic rings. The number of carbonyl (C=O) groups excluding carboxylic acids is 1. The van der Waals surface area contributed by atoms with Crippen molar-refractivity contribution >= 4 is 17.3 Å². The summed E-state index contributed by atoms with van der Waals surface area (Å²) >= 11 is 0. The minimum atomic E-state index is -1.01. The average Bonchev–Trinajstić information content (AvgIpc) is 2.70. The van der Waals surface area contributed by atoms with E-state index in [0.717, 1.165) is 33.4 Å². The van der Waals surface area contributed by atoms with E-state index in [0.29, 0.717) is 11.1 Å². The topological polar surface area (TPSA) is 74.6 Å². The molecular formula is C28H30O4. The van der Waals surface area contributed by atoms with Crippen LogP contribution in [0.5, 0.6) is 5.75 Å². The maximum atomic E-state index is 12.6. The molecule has 0 heterocycles. The standard InChI is InChI=1S/C28H30O4/c1-15(2)21-13-23(17(5)11-25(21)29)27(19-9-7-8-10-20(19)28(31)32)24-14-22(16(3)4)26(30)12-18(24)6/h7-16,29H,1-6H3,(H,31,32). The molecule has 0 fully saturated rings. The predicted molar refractivity (Wildman–Crippen MR) is 128 cm³/mol. The maximum absolute atomic E-state index is 12.6. The third-order valence-electron chi connectivity index (χ3n) is 5.94. The zero-order valence-corrected chi connectivity index (χ0v) is 19.5. The highest BCUT2D eigenvalue weighted by atomic mass is 16.4. The summed E-state index contributed by atoms with van der Waals surface area (Å²) in [4.78, 5) is 24.7. The van der Waals surface area contributed by atoms with Gasteiger partial charge in [0.1, 0.15) is 5.75 Å². The summed E-state index contributed by atoms with van der Waals surface area (Å²) in [5.74, 6) is -0.688. The second-order valence-electron chi connectivity index (χ2n) is 8.97. The highest BCUT2D eigenvalue weighted by Gasteiger charge is 2.25. The van der Waals surface area contributed by atoms with E-state index in [1.54, 1.807) is 30.3 Å².